The van der Waals surface area contributed by atoms with Gasteiger partial charge in [-0.2, -0.15) is 0 Å². The summed E-state index contributed by atoms with van der Waals surface area (Å²) in [7, 11) is 3.98. The van der Waals surface area contributed by atoms with Crippen molar-refractivity contribution >= 4 is 5.91 Å². The number of hydrogen-bond donors (Lipinski definition) is 2. The number of hydrogen-bond acceptors (Lipinski definition) is 3. The van der Waals surface area contributed by atoms with Gasteiger partial charge < -0.3 is 15.5 Å². The summed E-state index contributed by atoms with van der Waals surface area (Å²) in [5, 5.41) is 6.45. The second-order valence-electron chi connectivity index (χ2n) is 4.50. The van der Waals surface area contributed by atoms with E-state index in [9.17, 15) is 4.79 Å². The van der Waals surface area contributed by atoms with Crippen molar-refractivity contribution in [3.8, 4) is 0 Å². The van der Waals surface area contributed by atoms with Crippen molar-refractivity contribution in [2.24, 2.45) is 0 Å². The fourth-order valence-electron chi connectivity index (χ4n) is 1.79. The van der Waals surface area contributed by atoms with Crippen molar-refractivity contribution in [1.29, 1.82) is 0 Å². The van der Waals surface area contributed by atoms with Crippen molar-refractivity contribution in [3.63, 3.8) is 0 Å². The van der Waals surface area contributed by atoms with Crippen LogP contribution in [0.5, 0.6) is 0 Å². The number of amides is 1. The van der Waals surface area contributed by atoms with Crippen molar-refractivity contribution in [2.45, 2.75) is 31.7 Å². The maximum absolute atomic E-state index is 11.6. The molecular formula is C11H23N3O. The number of rotatable bonds is 4. The Bertz CT molecular complexity index is 186. The Morgan fingerprint density at radius 1 is 1.40 bits per heavy atom. The molecule has 88 valence electrons. The largest absolute Gasteiger partial charge is 0.353 e. The smallest absolute Gasteiger partial charge is 0.221 e. The molecule has 15 heavy (non-hydrogen) atoms. The first kappa shape index (κ1) is 12.5. The third-order valence-electron chi connectivity index (χ3n) is 2.73. The lowest BCUT2D eigenvalue weighted by Gasteiger charge is -2.16. The predicted molar refractivity (Wildman–Crippen MR) is 61.8 cm³/mol. The van der Waals surface area contributed by atoms with Gasteiger partial charge in [-0.3, -0.25) is 4.79 Å². The summed E-state index contributed by atoms with van der Waals surface area (Å²) in [5.41, 5.74) is 0. The van der Waals surface area contributed by atoms with Crippen LogP contribution in [0.15, 0.2) is 0 Å². The Morgan fingerprint density at radius 3 is 2.93 bits per heavy atom. The highest BCUT2D eigenvalue weighted by Gasteiger charge is 2.13. The summed E-state index contributed by atoms with van der Waals surface area (Å²) in [4.78, 5) is 13.6. The summed E-state index contributed by atoms with van der Waals surface area (Å²) in [6, 6.07) is 0.384. The fourth-order valence-corrected chi connectivity index (χ4v) is 1.79. The van der Waals surface area contributed by atoms with Gasteiger partial charge in [-0.25, -0.2) is 0 Å². The molecule has 1 aliphatic heterocycles. The van der Waals surface area contributed by atoms with Gasteiger partial charge in [0.25, 0.3) is 0 Å². The molecule has 2 N–H and O–H groups in total. The van der Waals surface area contributed by atoms with Crippen LogP contribution in [0.3, 0.4) is 0 Å². The molecule has 0 aromatic carbocycles. The van der Waals surface area contributed by atoms with E-state index in [2.05, 4.69) is 10.6 Å². The SMILES string of the molecule is CN(C)CCC(=O)NC1CCCNCC1. The molecule has 0 bridgehead atoms. The minimum absolute atomic E-state index is 0.190. The highest BCUT2D eigenvalue weighted by atomic mass is 16.1. The van der Waals surface area contributed by atoms with Crippen molar-refractivity contribution in [3.05, 3.63) is 0 Å². The van der Waals surface area contributed by atoms with E-state index in [4.69, 9.17) is 0 Å². The highest BCUT2D eigenvalue weighted by molar-refractivity contribution is 5.76. The molecule has 1 atom stereocenters. The molecule has 1 heterocycles. The third-order valence-corrected chi connectivity index (χ3v) is 2.73. The quantitative estimate of drug-likeness (QED) is 0.701. The molecule has 0 aromatic rings. The second kappa shape index (κ2) is 6.80. The van der Waals surface area contributed by atoms with E-state index in [0.717, 1.165) is 32.5 Å². The van der Waals surface area contributed by atoms with Crippen LogP contribution in [0.2, 0.25) is 0 Å². The molecular weight excluding hydrogens is 190 g/mol. The zero-order valence-corrected chi connectivity index (χ0v) is 9.88. The maximum atomic E-state index is 11.6. The molecule has 0 saturated carbocycles. The molecule has 4 nitrogen and oxygen atoms in total. The number of nitrogens with one attached hydrogen (secondary N) is 2. The van der Waals surface area contributed by atoms with E-state index in [1.165, 1.54) is 6.42 Å². The van der Waals surface area contributed by atoms with Gasteiger partial charge in [0.1, 0.15) is 0 Å². The molecule has 1 aliphatic rings. The van der Waals surface area contributed by atoms with Crippen molar-refractivity contribution < 1.29 is 4.79 Å². The van der Waals surface area contributed by atoms with Gasteiger partial charge >= 0.3 is 0 Å². The van der Waals surface area contributed by atoms with E-state index in [0.29, 0.717) is 12.5 Å². The first-order chi connectivity index (χ1) is 7.18. The summed E-state index contributed by atoms with van der Waals surface area (Å²) < 4.78 is 0. The fraction of sp³-hybridized carbons (Fsp3) is 0.909. The van der Waals surface area contributed by atoms with Crippen LogP contribution < -0.4 is 10.6 Å². The lowest BCUT2D eigenvalue weighted by Crippen LogP contribution is -2.36. The monoisotopic (exact) mass is 213 g/mol. The molecule has 1 unspecified atom stereocenters. The first-order valence-corrected chi connectivity index (χ1v) is 5.83. The van der Waals surface area contributed by atoms with Crippen molar-refractivity contribution in [2.75, 3.05) is 33.7 Å². The van der Waals surface area contributed by atoms with E-state index in [-0.39, 0.29) is 5.91 Å². The molecule has 4 heteroatoms. The molecule has 0 aliphatic carbocycles. The minimum atomic E-state index is 0.190. The Balaban J connectivity index is 2.17. The molecule has 1 rings (SSSR count). The van der Waals surface area contributed by atoms with Crippen molar-refractivity contribution in [1.82, 2.24) is 15.5 Å². The Labute approximate surface area is 92.4 Å². The average Bonchev–Trinajstić information content (AvgIpc) is 2.43. The van der Waals surface area contributed by atoms with Crippen LogP contribution in [0.25, 0.3) is 0 Å². The van der Waals surface area contributed by atoms with Gasteiger partial charge in [-0.1, -0.05) is 0 Å². The molecule has 1 fully saturated rings. The molecule has 1 saturated heterocycles. The summed E-state index contributed by atoms with van der Waals surface area (Å²) in [5.74, 6) is 0.190. The topological polar surface area (TPSA) is 44.4 Å². The summed E-state index contributed by atoms with van der Waals surface area (Å²) in [6.07, 6.45) is 3.95. The number of carbonyl (C=O) groups is 1. The van der Waals surface area contributed by atoms with Crippen LogP contribution in [0.4, 0.5) is 0 Å². The van der Waals surface area contributed by atoms with Crippen LogP contribution in [0, 0.1) is 0 Å². The maximum Gasteiger partial charge on any atom is 0.221 e. The Hall–Kier alpha value is -0.610. The van der Waals surface area contributed by atoms with Gasteiger partial charge in [-0.15, -0.1) is 0 Å². The van der Waals surface area contributed by atoms with Gasteiger partial charge in [0, 0.05) is 19.0 Å². The molecule has 0 radical (unpaired) electrons. The van der Waals surface area contributed by atoms with E-state index in [1.807, 2.05) is 19.0 Å². The molecule has 1 amide bonds. The van der Waals surface area contributed by atoms with Gasteiger partial charge in [0.2, 0.25) is 5.91 Å². The highest BCUT2D eigenvalue weighted by Crippen LogP contribution is 2.04. The lowest BCUT2D eigenvalue weighted by molar-refractivity contribution is -0.122. The standard InChI is InChI=1S/C11H23N3O/c1-14(2)9-6-11(15)13-10-4-3-7-12-8-5-10/h10,12H,3-9H2,1-2H3,(H,13,15). The second-order valence-corrected chi connectivity index (χ2v) is 4.50. The van der Waals surface area contributed by atoms with Crippen LogP contribution in [-0.4, -0.2) is 50.6 Å². The zero-order chi connectivity index (χ0) is 11.1. The molecule has 0 aromatic heterocycles. The number of carbonyl (C=O) groups excluding carboxylic acids is 1. The zero-order valence-electron chi connectivity index (χ0n) is 9.88. The Morgan fingerprint density at radius 2 is 2.20 bits per heavy atom. The van der Waals surface area contributed by atoms with E-state index < -0.39 is 0 Å². The normalized spacial score (nSPS) is 22.5. The lowest BCUT2D eigenvalue weighted by atomic mass is 10.1. The van der Waals surface area contributed by atoms with Gasteiger partial charge in [0.15, 0.2) is 0 Å². The number of nitrogens with zero attached hydrogens (tertiary/aromatic N) is 1. The van der Waals surface area contributed by atoms with Gasteiger partial charge in [0.05, 0.1) is 0 Å². The predicted octanol–water partition coefficient (Wildman–Crippen LogP) is 0.196. The minimum Gasteiger partial charge on any atom is -0.353 e. The summed E-state index contributed by atoms with van der Waals surface area (Å²) in [6.45, 7) is 2.94. The van der Waals surface area contributed by atoms with Gasteiger partial charge in [-0.05, 0) is 46.4 Å². The van der Waals surface area contributed by atoms with E-state index in [1.54, 1.807) is 0 Å². The Kier molecular flexibility index (Phi) is 5.65. The third kappa shape index (κ3) is 5.74. The first-order valence-electron chi connectivity index (χ1n) is 5.83. The average molecular weight is 213 g/mol. The van der Waals surface area contributed by atoms with Crippen LogP contribution in [0.1, 0.15) is 25.7 Å². The van der Waals surface area contributed by atoms with E-state index >= 15 is 0 Å². The van der Waals surface area contributed by atoms with Crippen LogP contribution >= 0.6 is 0 Å². The molecule has 0 spiro atoms. The summed E-state index contributed by atoms with van der Waals surface area (Å²) >= 11 is 0. The van der Waals surface area contributed by atoms with Crippen LogP contribution in [-0.2, 0) is 4.79 Å².